The fraction of sp³-hybridized carbons (Fsp3) is 0.467. The molecule has 0 aromatic heterocycles. The molecule has 1 N–H and O–H groups in total. The summed E-state index contributed by atoms with van der Waals surface area (Å²) in [6.07, 6.45) is 4.35. The maximum atomic E-state index is 12.6. The van der Waals surface area contributed by atoms with E-state index >= 15 is 0 Å². The summed E-state index contributed by atoms with van der Waals surface area (Å²) in [5.41, 5.74) is 1.74. The van der Waals surface area contributed by atoms with E-state index < -0.39 is 12.0 Å². The largest absolute Gasteiger partial charge is 0.480 e. The van der Waals surface area contributed by atoms with E-state index in [9.17, 15) is 14.7 Å². The van der Waals surface area contributed by atoms with Gasteiger partial charge in [-0.05, 0) is 24.5 Å². The molecule has 100 valence electrons. The fourth-order valence-electron chi connectivity index (χ4n) is 3.23. The molecule has 1 heterocycles. The number of aliphatic carboxylic acids is 1. The highest BCUT2D eigenvalue weighted by molar-refractivity contribution is 6.03. The maximum absolute atomic E-state index is 12.6. The van der Waals surface area contributed by atoms with E-state index in [1.165, 1.54) is 4.90 Å². The second kappa shape index (κ2) is 4.68. The SMILES string of the molecule is O=C(O)[C@@H]1Cc2ccccc2N1C(=O)C1CCCC1. The molecule has 4 heteroatoms. The van der Waals surface area contributed by atoms with Crippen LogP contribution in [0.2, 0.25) is 0 Å². The van der Waals surface area contributed by atoms with E-state index in [2.05, 4.69) is 0 Å². The number of hydrogen-bond donors (Lipinski definition) is 1. The van der Waals surface area contributed by atoms with Crippen LogP contribution in [0, 0.1) is 5.92 Å². The van der Waals surface area contributed by atoms with Gasteiger partial charge in [-0.25, -0.2) is 4.79 Å². The predicted molar refractivity (Wildman–Crippen MR) is 71.0 cm³/mol. The Kier molecular flexibility index (Phi) is 3.01. The van der Waals surface area contributed by atoms with Gasteiger partial charge in [0.1, 0.15) is 6.04 Å². The molecule has 1 amide bonds. The molecule has 1 atom stereocenters. The number of fused-ring (bicyclic) bond motifs is 1. The van der Waals surface area contributed by atoms with Gasteiger partial charge in [0.15, 0.2) is 0 Å². The lowest BCUT2D eigenvalue weighted by molar-refractivity contribution is -0.140. The quantitative estimate of drug-likeness (QED) is 0.886. The zero-order valence-electron chi connectivity index (χ0n) is 10.7. The summed E-state index contributed by atoms with van der Waals surface area (Å²) in [6.45, 7) is 0. The van der Waals surface area contributed by atoms with E-state index in [0.29, 0.717) is 6.42 Å². The Morgan fingerprint density at radius 1 is 1.16 bits per heavy atom. The van der Waals surface area contributed by atoms with Crippen LogP contribution in [0.4, 0.5) is 5.69 Å². The van der Waals surface area contributed by atoms with Gasteiger partial charge >= 0.3 is 5.97 Å². The number of carboxylic acids is 1. The predicted octanol–water partition coefficient (Wildman–Crippen LogP) is 2.22. The maximum Gasteiger partial charge on any atom is 0.327 e. The van der Waals surface area contributed by atoms with Gasteiger partial charge in [-0.2, -0.15) is 0 Å². The van der Waals surface area contributed by atoms with Gasteiger partial charge in [0, 0.05) is 18.0 Å². The molecule has 1 aliphatic heterocycles. The topological polar surface area (TPSA) is 57.6 Å². The first-order chi connectivity index (χ1) is 9.18. The summed E-state index contributed by atoms with van der Waals surface area (Å²) in [7, 11) is 0. The van der Waals surface area contributed by atoms with Gasteiger partial charge in [0.2, 0.25) is 5.91 Å². The number of carbonyl (C=O) groups is 2. The van der Waals surface area contributed by atoms with Crippen LogP contribution in [0.3, 0.4) is 0 Å². The molecule has 0 radical (unpaired) electrons. The van der Waals surface area contributed by atoms with Crippen LogP contribution in [0.15, 0.2) is 24.3 Å². The lowest BCUT2D eigenvalue weighted by Gasteiger charge is -2.25. The molecular weight excluding hydrogens is 242 g/mol. The van der Waals surface area contributed by atoms with Crippen LogP contribution < -0.4 is 4.90 Å². The van der Waals surface area contributed by atoms with Crippen molar-refractivity contribution in [3.8, 4) is 0 Å². The Morgan fingerprint density at radius 2 is 1.84 bits per heavy atom. The number of carbonyl (C=O) groups excluding carboxylic acids is 1. The van der Waals surface area contributed by atoms with Crippen molar-refractivity contribution in [2.75, 3.05) is 4.90 Å². The molecule has 3 rings (SSSR count). The lowest BCUT2D eigenvalue weighted by Crippen LogP contribution is -2.45. The molecule has 4 nitrogen and oxygen atoms in total. The number of nitrogens with zero attached hydrogens (tertiary/aromatic N) is 1. The first-order valence-corrected chi connectivity index (χ1v) is 6.82. The molecule has 0 saturated heterocycles. The van der Waals surface area contributed by atoms with Gasteiger partial charge in [-0.15, -0.1) is 0 Å². The third-order valence-electron chi connectivity index (χ3n) is 4.20. The summed E-state index contributed by atoms with van der Waals surface area (Å²) in [4.78, 5) is 25.5. The highest BCUT2D eigenvalue weighted by Crippen LogP contribution is 2.36. The van der Waals surface area contributed by atoms with E-state index in [4.69, 9.17) is 0 Å². The number of amides is 1. The van der Waals surface area contributed by atoms with Crippen LogP contribution in [-0.4, -0.2) is 23.0 Å². The van der Waals surface area contributed by atoms with Gasteiger partial charge < -0.3 is 5.11 Å². The first-order valence-electron chi connectivity index (χ1n) is 6.82. The Hall–Kier alpha value is -1.84. The van der Waals surface area contributed by atoms with Gasteiger partial charge in [0.25, 0.3) is 0 Å². The van der Waals surface area contributed by atoms with E-state index in [0.717, 1.165) is 36.9 Å². The molecule has 0 spiro atoms. The Morgan fingerprint density at radius 3 is 2.53 bits per heavy atom. The Labute approximate surface area is 112 Å². The van der Waals surface area contributed by atoms with Crippen LogP contribution in [0.5, 0.6) is 0 Å². The van der Waals surface area contributed by atoms with Gasteiger partial charge in [-0.1, -0.05) is 31.0 Å². The molecule has 1 saturated carbocycles. The van der Waals surface area contributed by atoms with E-state index in [-0.39, 0.29) is 11.8 Å². The van der Waals surface area contributed by atoms with E-state index in [1.54, 1.807) is 0 Å². The minimum Gasteiger partial charge on any atom is -0.480 e. The summed E-state index contributed by atoms with van der Waals surface area (Å²) >= 11 is 0. The van der Waals surface area contributed by atoms with Crippen molar-refractivity contribution >= 4 is 17.6 Å². The summed E-state index contributed by atoms with van der Waals surface area (Å²) in [5, 5.41) is 9.35. The number of rotatable bonds is 2. The highest BCUT2D eigenvalue weighted by Gasteiger charge is 2.41. The van der Waals surface area contributed by atoms with Crippen LogP contribution in [0.1, 0.15) is 31.2 Å². The second-order valence-electron chi connectivity index (χ2n) is 5.38. The average molecular weight is 259 g/mol. The normalized spacial score (nSPS) is 22.5. The number of benzene rings is 1. The summed E-state index contributed by atoms with van der Waals surface area (Å²) in [6, 6.07) is 6.78. The molecule has 0 unspecified atom stereocenters. The molecule has 19 heavy (non-hydrogen) atoms. The zero-order chi connectivity index (χ0) is 13.4. The minimum absolute atomic E-state index is 0.00477. The number of para-hydroxylation sites is 1. The molecule has 1 aromatic carbocycles. The molecule has 0 bridgehead atoms. The van der Waals surface area contributed by atoms with Gasteiger partial charge in [-0.3, -0.25) is 9.69 Å². The minimum atomic E-state index is -0.914. The Balaban J connectivity index is 1.95. The number of hydrogen-bond acceptors (Lipinski definition) is 2. The van der Waals surface area contributed by atoms with Crippen molar-refractivity contribution in [1.29, 1.82) is 0 Å². The Bertz CT molecular complexity index is 520. The number of anilines is 1. The van der Waals surface area contributed by atoms with Crippen molar-refractivity contribution in [2.45, 2.75) is 38.1 Å². The van der Waals surface area contributed by atoms with Crippen LogP contribution in [0.25, 0.3) is 0 Å². The molecular formula is C15H17NO3. The van der Waals surface area contributed by atoms with Crippen molar-refractivity contribution in [3.05, 3.63) is 29.8 Å². The molecule has 1 fully saturated rings. The van der Waals surface area contributed by atoms with Crippen LogP contribution in [-0.2, 0) is 16.0 Å². The van der Waals surface area contributed by atoms with Crippen molar-refractivity contribution in [1.82, 2.24) is 0 Å². The van der Waals surface area contributed by atoms with Gasteiger partial charge in [0.05, 0.1) is 0 Å². The lowest BCUT2D eigenvalue weighted by atomic mass is 10.1. The smallest absolute Gasteiger partial charge is 0.327 e. The summed E-state index contributed by atoms with van der Waals surface area (Å²) < 4.78 is 0. The van der Waals surface area contributed by atoms with Crippen LogP contribution >= 0.6 is 0 Å². The zero-order valence-corrected chi connectivity index (χ0v) is 10.7. The third-order valence-corrected chi connectivity index (χ3v) is 4.20. The van der Waals surface area contributed by atoms with Crippen molar-refractivity contribution in [3.63, 3.8) is 0 Å². The highest BCUT2D eigenvalue weighted by atomic mass is 16.4. The summed E-state index contributed by atoms with van der Waals surface area (Å²) in [5.74, 6) is -0.912. The monoisotopic (exact) mass is 259 g/mol. The second-order valence-corrected chi connectivity index (χ2v) is 5.38. The average Bonchev–Trinajstić information content (AvgIpc) is 3.05. The standard InChI is InChI=1S/C15H17NO3/c17-14(10-5-1-2-6-10)16-12-8-4-3-7-11(12)9-13(16)15(18)19/h3-4,7-8,10,13H,1-2,5-6,9H2,(H,18,19)/t13-/m0/s1. The first kappa shape index (κ1) is 12.2. The fourth-order valence-corrected chi connectivity index (χ4v) is 3.23. The molecule has 2 aliphatic rings. The molecule has 1 aliphatic carbocycles. The third kappa shape index (κ3) is 2.01. The van der Waals surface area contributed by atoms with E-state index in [1.807, 2.05) is 24.3 Å². The molecule has 1 aromatic rings. The number of carboxylic acid groups (broad SMARTS) is 1. The van der Waals surface area contributed by atoms with Crippen molar-refractivity contribution < 1.29 is 14.7 Å². The van der Waals surface area contributed by atoms with Crippen molar-refractivity contribution in [2.24, 2.45) is 5.92 Å².